The number of hydrogen-bond donors (Lipinski definition) is 1. The van der Waals surface area contributed by atoms with Gasteiger partial charge in [-0.25, -0.2) is 13.0 Å². The Bertz CT molecular complexity index is 517. The van der Waals surface area contributed by atoms with Crippen LogP contribution in [0.15, 0.2) is 30.3 Å². The maximum Gasteiger partial charge on any atom is 0.365 e. The Morgan fingerprint density at radius 2 is 1.67 bits per heavy atom. The van der Waals surface area contributed by atoms with Crippen molar-refractivity contribution in [2.75, 3.05) is 13.4 Å². The summed E-state index contributed by atoms with van der Waals surface area (Å²) in [6.45, 7) is 3.63. The minimum absolute atomic E-state index is 0.425. The summed E-state index contributed by atoms with van der Waals surface area (Å²) in [5, 5.41) is 0. The van der Waals surface area contributed by atoms with Crippen molar-refractivity contribution in [1.29, 1.82) is 0 Å². The Kier molecular flexibility index (Phi) is 8.82. The van der Waals surface area contributed by atoms with Crippen LogP contribution in [0.25, 0.3) is 0 Å². The van der Waals surface area contributed by atoms with Crippen molar-refractivity contribution >= 4 is 18.1 Å². The van der Waals surface area contributed by atoms with E-state index in [2.05, 4.69) is 4.52 Å². The van der Waals surface area contributed by atoms with Gasteiger partial charge in [-0.15, -0.1) is 0 Å². The van der Waals surface area contributed by atoms with E-state index in [9.17, 15) is 13.0 Å². The molecule has 0 radical (unpaired) electrons. The van der Waals surface area contributed by atoms with Crippen LogP contribution in [0, 0.1) is 0 Å². The van der Waals surface area contributed by atoms with Gasteiger partial charge in [0, 0.05) is 13.4 Å². The normalized spacial score (nSPS) is 13.0. The summed E-state index contributed by atoms with van der Waals surface area (Å²) in [4.78, 5) is 7.36. The second-order valence-corrected chi connectivity index (χ2v) is 7.30. The fourth-order valence-electron chi connectivity index (χ4n) is 1.80. The SMILES string of the molecule is CCC(CC)(OC)S(C)(=O)=O.O=[PH](O)Oc1ccccc1. The molecule has 1 N–H and O–H groups in total. The van der Waals surface area contributed by atoms with Crippen LogP contribution in [-0.4, -0.2) is 31.6 Å². The zero-order valence-electron chi connectivity index (χ0n) is 12.7. The van der Waals surface area contributed by atoms with Crippen molar-refractivity contribution in [3.63, 3.8) is 0 Å². The summed E-state index contributed by atoms with van der Waals surface area (Å²) >= 11 is 0. The second-order valence-electron chi connectivity index (χ2n) is 4.28. The number of rotatable bonds is 6. The van der Waals surface area contributed by atoms with E-state index in [0.717, 1.165) is 0 Å². The number of para-hydroxylation sites is 1. The van der Waals surface area contributed by atoms with E-state index in [-0.39, 0.29) is 0 Å². The first-order valence-electron chi connectivity index (χ1n) is 6.43. The Hall–Kier alpha value is -0.880. The first-order valence-corrected chi connectivity index (χ1v) is 9.58. The molecule has 122 valence electrons. The lowest BCUT2D eigenvalue weighted by molar-refractivity contribution is 0.0555. The molecule has 0 amide bonds. The Balaban J connectivity index is 0.000000382. The van der Waals surface area contributed by atoms with Crippen molar-refractivity contribution in [2.45, 2.75) is 31.6 Å². The molecule has 1 rings (SSSR count). The zero-order valence-corrected chi connectivity index (χ0v) is 14.5. The van der Waals surface area contributed by atoms with Crippen LogP contribution in [-0.2, 0) is 19.1 Å². The highest BCUT2D eigenvalue weighted by Gasteiger charge is 2.36. The van der Waals surface area contributed by atoms with Crippen LogP contribution in [0.2, 0.25) is 0 Å². The first-order chi connectivity index (χ1) is 9.72. The number of sulfone groups is 1. The van der Waals surface area contributed by atoms with Crippen molar-refractivity contribution in [3.8, 4) is 5.75 Å². The molecular weight excluding hydrogens is 315 g/mol. The smallest absolute Gasteiger partial charge is 0.365 e. The minimum atomic E-state index is -3.10. The molecule has 0 aromatic heterocycles. The Morgan fingerprint density at radius 1 is 1.19 bits per heavy atom. The molecule has 1 aromatic rings. The van der Waals surface area contributed by atoms with E-state index in [1.54, 1.807) is 30.3 Å². The number of methoxy groups -OCH3 is 1. The molecule has 21 heavy (non-hydrogen) atoms. The van der Waals surface area contributed by atoms with Crippen LogP contribution in [0.4, 0.5) is 0 Å². The van der Waals surface area contributed by atoms with Gasteiger partial charge in [0.25, 0.3) is 0 Å². The molecule has 0 aliphatic rings. The molecule has 0 heterocycles. The van der Waals surface area contributed by atoms with Gasteiger partial charge in [-0.3, -0.25) is 0 Å². The quantitative estimate of drug-likeness (QED) is 0.802. The van der Waals surface area contributed by atoms with Crippen LogP contribution in [0.3, 0.4) is 0 Å². The number of hydrogen-bond acceptors (Lipinski definition) is 5. The highest BCUT2D eigenvalue weighted by atomic mass is 32.2. The summed E-state index contributed by atoms with van der Waals surface area (Å²) in [7, 11) is -4.50. The first kappa shape index (κ1) is 20.1. The maximum absolute atomic E-state index is 11.2. The molecule has 8 heteroatoms. The molecule has 0 saturated heterocycles. The van der Waals surface area contributed by atoms with E-state index in [1.807, 2.05) is 13.8 Å². The highest BCUT2D eigenvalue weighted by Crippen LogP contribution is 2.25. The number of ether oxygens (including phenoxy) is 1. The van der Waals surface area contributed by atoms with Gasteiger partial charge in [-0.05, 0) is 25.0 Å². The molecule has 0 fully saturated rings. The molecule has 6 nitrogen and oxygen atoms in total. The van der Waals surface area contributed by atoms with E-state index >= 15 is 0 Å². The molecule has 0 aliphatic carbocycles. The summed E-state index contributed by atoms with van der Waals surface area (Å²) in [5.74, 6) is 0.425. The summed E-state index contributed by atoms with van der Waals surface area (Å²) in [6.07, 6.45) is 2.21. The van der Waals surface area contributed by atoms with E-state index in [0.29, 0.717) is 18.6 Å². The lowest BCUT2D eigenvalue weighted by Gasteiger charge is -2.27. The van der Waals surface area contributed by atoms with Gasteiger partial charge in [-0.2, -0.15) is 0 Å². The summed E-state index contributed by atoms with van der Waals surface area (Å²) in [6, 6.07) is 8.53. The predicted molar refractivity (Wildman–Crippen MR) is 83.5 cm³/mol. The predicted octanol–water partition coefficient (Wildman–Crippen LogP) is 2.64. The summed E-state index contributed by atoms with van der Waals surface area (Å²) < 4.78 is 42.1. The molecule has 0 saturated carbocycles. The van der Waals surface area contributed by atoms with Gasteiger partial charge in [0.15, 0.2) is 14.8 Å². The third-order valence-corrected chi connectivity index (χ3v) is 5.58. The van der Waals surface area contributed by atoms with Gasteiger partial charge in [0.2, 0.25) is 0 Å². The fraction of sp³-hybridized carbons (Fsp3) is 0.538. The van der Waals surface area contributed by atoms with Crippen LogP contribution in [0.5, 0.6) is 5.75 Å². The third-order valence-electron chi connectivity index (χ3n) is 3.07. The van der Waals surface area contributed by atoms with Gasteiger partial charge in [-0.1, -0.05) is 32.0 Å². The minimum Gasteiger partial charge on any atom is -0.426 e. The van der Waals surface area contributed by atoms with Crippen molar-refractivity contribution in [2.24, 2.45) is 0 Å². The molecule has 1 atom stereocenters. The lowest BCUT2D eigenvalue weighted by Crippen LogP contribution is -2.38. The average Bonchev–Trinajstić information content (AvgIpc) is 2.41. The molecule has 0 aliphatic heterocycles. The van der Waals surface area contributed by atoms with Gasteiger partial charge in [0.05, 0.1) is 0 Å². The van der Waals surface area contributed by atoms with Crippen molar-refractivity contribution in [1.82, 2.24) is 0 Å². The van der Waals surface area contributed by atoms with E-state index < -0.39 is 23.0 Å². The summed E-state index contributed by atoms with van der Waals surface area (Å²) in [5.41, 5.74) is 0. The van der Waals surface area contributed by atoms with Crippen LogP contribution >= 0.6 is 8.25 Å². The standard InChI is InChI=1S/C7H16O3S.C6H7O3P/c1-5-7(6-2,10-3)11(4,8)9;7-10(8)9-6-4-2-1-3-5-6/h5-6H2,1-4H3;1-5,10H,(H,7,8). The second kappa shape index (κ2) is 9.20. The third kappa shape index (κ3) is 6.61. The highest BCUT2D eigenvalue weighted by molar-refractivity contribution is 7.91. The largest absolute Gasteiger partial charge is 0.426 e. The van der Waals surface area contributed by atoms with Gasteiger partial charge < -0.3 is 14.2 Å². The van der Waals surface area contributed by atoms with Gasteiger partial charge in [0.1, 0.15) is 5.75 Å². The van der Waals surface area contributed by atoms with E-state index in [4.69, 9.17) is 9.63 Å². The van der Waals surface area contributed by atoms with Crippen LogP contribution in [0.1, 0.15) is 26.7 Å². The van der Waals surface area contributed by atoms with Crippen LogP contribution < -0.4 is 4.52 Å². The molecule has 0 spiro atoms. The van der Waals surface area contributed by atoms with E-state index in [1.165, 1.54) is 13.4 Å². The number of benzene rings is 1. The van der Waals surface area contributed by atoms with Crippen molar-refractivity contribution in [3.05, 3.63) is 30.3 Å². The topological polar surface area (TPSA) is 89.9 Å². The Morgan fingerprint density at radius 3 is 1.90 bits per heavy atom. The zero-order chi connectivity index (χ0) is 16.5. The maximum atomic E-state index is 11.2. The average molecular weight is 338 g/mol. The molecule has 1 unspecified atom stereocenters. The Labute approximate surface area is 127 Å². The van der Waals surface area contributed by atoms with Gasteiger partial charge >= 0.3 is 8.25 Å². The lowest BCUT2D eigenvalue weighted by atomic mass is 10.2. The molecular formula is C13H23O6PS. The van der Waals surface area contributed by atoms with Crippen molar-refractivity contribution < 1.29 is 27.1 Å². The fourth-order valence-corrected chi connectivity index (χ4v) is 3.49. The molecule has 1 aromatic carbocycles. The monoisotopic (exact) mass is 338 g/mol. The molecule has 0 bridgehead atoms.